The fraction of sp³-hybridized carbons (Fsp3) is 0.231. The van der Waals surface area contributed by atoms with Gasteiger partial charge in [0.2, 0.25) is 0 Å². The second-order valence-electron chi connectivity index (χ2n) is 4.04. The number of benzene rings is 1. The monoisotopic (exact) mass is 309 g/mol. The Balaban J connectivity index is 3.07. The minimum absolute atomic E-state index is 0.134. The zero-order chi connectivity index (χ0) is 13.4. The molecule has 0 fully saturated rings. The van der Waals surface area contributed by atoms with Crippen LogP contribution in [0.5, 0.6) is 0 Å². The number of nitrogens with zero attached hydrogens (tertiary/aromatic N) is 1. The summed E-state index contributed by atoms with van der Waals surface area (Å²) in [5.41, 5.74) is 0.728. The van der Waals surface area contributed by atoms with E-state index in [9.17, 15) is 14.7 Å². The molecular formula is C13H12BrNO3. The van der Waals surface area contributed by atoms with Crippen LogP contribution < -0.4 is 5.56 Å². The van der Waals surface area contributed by atoms with E-state index in [1.54, 1.807) is 7.05 Å². The number of aromatic carboxylic acids is 1. The number of carboxylic acids is 1. The van der Waals surface area contributed by atoms with Crippen molar-refractivity contribution in [3.63, 3.8) is 0 Å². The molecule has 0 spiro atoms. The second-order valence-corrected chi connectivity index (χ2v) is 4.95. The zero-order valence-corrected chi connectivity index (χ0v) is 11.6. The molecular weight excluding hydrogens is 298 g/mol. The molecule has 5 heteroatoms. The Morgan fingerprint density at radius 2 is 2.11 bits per heavy atom. The van der Waals surface area contributed by atoms with E-state index in [0.717, 1.165) is 15.4 Å². The first-order valence-corrected chi connectivity index (χ1v) is 6.31. The minimum Gasteiger partial charge on any atom is -0.477 e. The number of aromatic nitrogens is 1. The van der Waals surface area contributed by atoms with Gasteiger partial charge in [-0.05, 0) is 30.2 Å². The lowest BCUT2D eigenvalue weighted by Gasteiger charge is -2.12. The van der Waals surface area contributed by atoms with Crippen molar-refractivity contribution in [2.45, 2.75) is 13.3 Å². The quantitative estimate of drug-likeness (QED) is 0.927. The van der Waals surface area contributed by atoms with Gasteiger partial charge in [-0.3, -0.25) is 4.79 Å². The summed E-state index contributed by atoms with van der Waals surface area (Å²) in [7, 11) is 1.59. The Bertz CT molecular complexity index is 703. The van der Waals surface area contributed by atoms with Crippen LogP contribution in [0.1, 0.15) is 22.8 Å². The molecule has 0 aliphatic heterocycles. The highest BCUT2D eigenvalue weighted by atomic mass is 79.9. The SMILES string of the molecule is CCc1c(C(=O)O)c(=O)n(C)c2ccc(Br)cc12. The van der Waals surface area contributed by atoms with Crippen molar-refractivity contribution in [2.75, 3.05) is 0 Å². The van der Waals surface area contributed by atoms with Gasteiger partial charge in [0.25, 0.3) is 5.56 Å². The lowest BCUT2D eigenvalue weighted by molar-refractivity contribution is 0.0693. The van der Waals surface area contributed by atoms with Crippen LogP contribution in [0, 0.1) is 0 Å². The van der Waals surface area contributed by atoms with Crippen molar-refractivity contribution >= 4 is 32.8 Å². The van der Waals surface area contributed by atoms with E-state index >= 15 is 0 Å². The maximum atomic E-state index is 12.1. The van der Waals surface area contributed by atoms with Crippen molar-refractivity contribution in [2.24, 2.45) is 7.05 Å². The lowest BCUT2D eigenvalue weighted by Crippen LogP contribution is -2.26. The molecule has 2 rings (SSSR count). The zero-order valence-electron chi connectivity index (χ0n) is 10.0. The molecule has 0 unspecified atom stereocenters. The predicted molar refractivity (Wildman–Crippen MR) is 73.2 cm³/mol. The second kappa shape index (κ2) is 4.57. The summed E-state index contributed by atoms with van der Waals surface area (Å²) in [6.07, 6.45) is 0.505. The van der Waals surface area contributed by atoms with Crippen LogP contribution in [-0.4, -0.2) is 15.6 Å². The average Bonchev–Trinajstić information content (AvgIpc) is 2.32. The molecule has 4 nitrogen and oxygen atoms in total. The van der Waals surface area contributed by atoms with Gasteiger partial charge < -0.3 is 9.67 Å². The third-order valence-corrected chi connectivity index (χ3v) is 3.53. The number of carboxylic acid groups (broad SMARTS) is 1. The fourth-order valence-electron chi connectivity index (χ4n) is 2.17. The smallest absolute Gasteiger partial charge is 0.341 e. The van der Waals surface area contributed by atoms with E-state index in [2.05, 4.69) is 15.9 Å². The largest absolute Gasteiger partial charge is 0.477 e. The highest BCUT2D eigenvalue weighted by molar-refractivity contribution is 9.10. The predicted octanol–water partition coefficient (Wildman–Crippen LogP) is 2.56. The first-order chi connectivity index (χ1) is 8.47. The topological polar surface area (TPSA) is 59.3 Å². The molecule has 0 saturated carbocycles. The lowest BCUT2D eigenvalue weighted by atomic mass is 10.0. The number of carbonyl (C=O) groups is 1. The number of pyridine rings is 1. The van der Waals surface area contributed by atoms with Crippen LogP contribution in [0.4, 0.5) is 0 Å². The van der Waals surface area contributed by atoms with Gasteiger partial charge in [-0.15, -0.1) is 0 Å². The molecule has 0 bridgehead atoms. The minimum atomic E-state index is -1.17. The van der Waals surface area contributed by atoms with Crippen LogP contribution in [0.25, 0.3) is 10.9 Å². The maximum absolute atomic E-state index is 12.1. The van der Waals surface area contributed by atoms with Gasteiger partial charge in [0.05, 0.1) is 5.52 Å². The standard InChI is InChI=1S/C13H12BrNO3/c1-3-8-9-6-7(14)4-5-10(9)15(2)12(16)11(8)13(17)18/h4-6H,3H2,1-2H3,(H,17,18). The first kappa shape index (κ1) is 12.8. The van der Waals surface area contributed by atoms with E-state index < -0.39 is 11.5 Å². The van der Waals surface area contributed by atoms with Crippen LogP contribution in [0.3, 0.4) is 0 Å². The van der Waals surface area contributed by atoms with Gasteiger partial charge in [-0.25, -0.2) is 4.79 Å². The molecule has 2 aromatic rings. The van der Waals surface area contributed by atoms with Crippen LogP contribution in [0.15, 0.2) is 27.5 Å². The van der Waals surface area contributed by atoms with Crippen molar-refractivity contribution in [1.82, 2.24) is 4.57 Å². The molecule has 0 atom stereocenters. The molecule has 1 N–H and O–H groups in total. The van der Waals surface area contributed by atoms with Gasteiger partial charge in [-0.1, -0.05) is 22.9 Å². The molecule has 18 heavy (non-hydrogen) atoms. The van der Waals surface area contributed by atoms with Crippen LogP contribution >= 0.6 is 15.9 Å². The molecule has 0 aliphatic rings. The molecule has 0 amide bonds. The summed E-state index contributed by atoms with van der Waals surface area (Å²) in [6.45, 7) is 1.85. The van der Waals surface area contributed by atoms with Crippen molar-refractivity contribution in [3.8, 4) is 0 Å². The third-order valence-electron chi connectivity index (χ3n) is 3.03. The number of rotatable bonds is 2. The number of hydrogen-bond acceptors (Lipinski definition) is 2. The Hall–Kier alpha value is -1.62. The summed E-state index contributed by atoms with van der Waals surface area (Å²) < 4.78 is 2.24. The van der Waals surface area contributed by atoms with Crippen LogP contribution in [0.2, 0.25) is 0 Å². The third kappa shape index (κ3) is 1.84. The Labute approximate surface area is 112 Å². The van der Waals surface area contributed by atoms with Crippen LogP contribution in [-0.2, 0) is 13.5 Å². The van der Waals surface area contributed by atoms with Gasteiger partial charge in [-0.2, -0.15) is 0 Å². The summed E-state index contributed by atoms with van der Waals surface area (Å²) in [5.74, 6) is -1.17. The summed E-state index contributed by atoms with van der Waals surface area (Å²) >= 11 is 3.37. The van der Waals surface area contributed by atoms with Crippen molar-refractivity contribution < 1.29 is 9.90 Å². The highest BCUT2D eigenvalue weighted by Crippen LogP contribution is 2.24. The Morgan fingerprint density at radius 1 is 1.44 bits per heavy atom. The first-order valence-electron chi connectivity index (χ1n) is 5.51. The number of aryl methyl sites for hydroxylation is 2. The Morgan fingerprint density at radius 3 is 2.67 bits per heavy atom. The normalized spacial score (nSPS) is 10.8. The number of fused-ring (bicyclic) bond motifs is 1. The summed E-state index contributed by atoms with van der Waals surface area (Å²) in [6, 6.07) is 5.49. The van der Waals surface area contributed by atoms with Gasteiger partial charge in [0, 0.05) is 16.9 Å². The fourth-order valence-corrected chi connectivity index (χ4v) is 2.53. The molecule has 1 heterocycles. The average molecular weight is 310 g/mol. The molecule has 94 valence electrons. The summed E-state index contributed by atoms with van der Waals surface area (Å²) in [5, 5.41) is 10.0. The molecule has 1 aromatic heterocycles. The van der Waals surface area contributed by atoms with Gasteiger partial charge in [0.1, 0.15) is 5.56 Å². The Kier molecular flexibility index (Phi) is 3.26. The summed E-state index contributed by atoms with van der Waals surface area (Å²) in [4.78, 5) is 23.3. The van der Waals surface area contributed by atoms with Crippen molar-refractivity contribution in [3.05, 3.63) is 44.2 Å². The van der Waals surface area contributed by atoms with E-state index in [1.807, 2.05) is 25.1 Å². The van der Waals surface area contributed by atoms with Crippen molar-refractivity contribution in [1.29, 1.82) is 0 Å². The highest BCUT2D eigenvalue weighted by Gasteiger charge is 2.19. The molecule has 0 radical (unpaired) electrons. The van der Waals surface area contributed by atoms with E-state index in [0.29, 0.717) is 12.0 Å². The number of halogens is 1. The molecule has 0 aliphatic carbocycles. The maximum Gasteiger partial charge on any atom is 0.341 e. The molecule has 0 saturated heterocycles. The van der Waals surface area contributed by atoms with E-state index in [4.69, 9.17) is 0 Å². The van der Waals surface area contributed by atoms with Gasteiger partial charge in [0.15, 0.2) is 0 Å². The van der Waals surface area contributed by atoms with E-state index in [1.165, 1.54) is 4.57 Å². The van der Waals surface area contributed by atoms with E-state index in [-0.39, 0.29) is 5.56 Å². The van der Waals surface area contributed by atoms with Gasteiger partial charge >= 0.3 is 5.97 Å². The number of hydrogen-bond donors (Lipinski definition) is 1. The molecule has 1 aromatic carbocycles.